The van der Waals surface area contributed by atoms with Crippen LogP contribution in [-0.2, 0) is 6.61 Å². The van der Waals surface area contributed by atoms with E-state index in [2.05, 4.69) is 10.3 Å². The van der Waals surface area contributed by atoms with Crippen LogP contribution >= 0.6 is 0 Å². The van der Waals surface area contributed by atoms with Crippen molar-refractivity contribution < 1.29 is 9.13 Å². The zero-order chi connectivity index (χ0) is 12.8. The molecular weight excluding hydrogens is 231 g/mol. The number of benzene rings is 1. The highest BCUT2D eigenvalue weighted by Gasteiger charge is 1.98. The van der Waals surface area contributed by atoms with Gasteiger partial charge < -0.3 is 10.1 Å². The van der Waals surface area contributed by atoms with E-state index in [0.717, 1.165) is 17.9 Å². The van der Waals surface area contributed by atoms with Gasteiger partial charge in [-0.1, -0.05) is 12.1 Å². The lowest BCUT2D eigenvalue weighted by molar-refractivity contribution is 0.304. The van der Waals surface area contributed by atoms with Crippen LogP contribution < -0.4 is 10.1 Å². The zero-order valence-corrected chi connectivity index (χ0v) is 10.2. The van der Waals surface area contributed by atoms with E-state index in [0.29, 0.717) is 12.4 Å². The van der Waals surface area contributed by atoms with Gasteiger partial charge in [0.15, 0.2) is 0 Å². The third kappa shape index (κ3) is 3.45. The monoisotopic (exact) mass is 246 g/mol. The summed E-state index contributed by atoms with van der Waals surface area (Å²) in [6.07, 6.45) is 1.75. The molecule has 0 fully saturated rings. The minimum Gasteiger partial charge on any atom is -0.489 e. The molecular formula is C14H15FN2O. The van der Waals surface area contributed by atoms with Crippen molar-refractivity contribution in [2.24, 2.45) is 0 Å². The van der Waals surface area contributed by atoms with Gasteiger partial charge in [0.05, 0.1) is 0 Å². The first-order chi connectivity index (χ1) is 8.78. The summed E-state index contributed by atoms with van der Waals surface area (Å²) >= 11 is 0. The van der Waals surface area contributed by atoms with Crippen molar-refractivity contribution in [2.45, 2.75) is 13.5 Å². The van der Waals surface area contributed by atoms with E-state index < -0.39 is 0 Å². The fourth-order valence-electron chi connectivity index (χ4n) is 1.52. The Bertz CT molecular complexity index is 499. The van der Waals surface area contributed by atoms with Gasteiger partial charge in [0, 0.05) is 24.4 Å². The summed E-state index contributed by atoms with van der Waals surface area (Å²) in [5.41, 5.74) is 0.945. The lowest BCUT2D eigenvalue weighted by Crippen LogP contribution is -2.01. The molecule has 1 aromatic heterocycles. The number of ether oxygens (including phenoxy) is 1. The Kier molecular flexibility index (Phi) is 4.12. The molecule has 0 saturated carbocycles. The largest absolute Gasteiger partial charge is 0.489 e. The number of hydrogen-bond acceptors (Lipinski definition) is 3. The van der Waals surface area contributed by atoms with E-state index in [1.807, 2.05) is 19.1 Å². The summed E-state index contributed by atoms with van der Waals surface area (Å²) in [5.74, 6) is 1.06. The maximum Gasteiger partial charge on any atom is 0.126 e. The average molecular weight is 246 g/mol. The van der Waals surface area contributed by atoms with Crippen molar-refractivity contribution in [3.8, 4) is 5.75 Å². The Morgan fingerprint density at radius 3 is 2.83 bits per heavy atom. The van der Waals surface area contributed by atoms with Gasteiger partial charge in [0.1, 0.15) is 24.0 Å². The van der Waals surface area contributed by atoms with Crippen LogP contribution in [-0.4, -0.2) is 11.5 Å². The van der Waals surface area contributed by atoms with Crippen molar-refractivity contribution in [3.05, 3.63) is 54.0 Å². The van der Waals surface area contributed by atoms with Gasteiger partial charge in [-0.15, -0.1) is 0 Å². The molecule has 0 aliphatic rings. The Morgan fingerprint density at radius 1 is 1.28 bits per heavy atom. The minimum absolute atomic E-state index is 0.298. The molecule has 0 spiro atoms. The van der Waals surface area contributed by atoms with Crippen molar-refractivity contribution in [2.75, 3.05) is 11.9 Å². The molecule has 2 aromatic rings. The van der Waals surface area contributed by atoms with Crippen LogP contribution in [0.2, 0.25) is 0 Å². The van der Waals surface area contributed by atoms with E-state index >= 15 is 0 Å². The van der Waals surface area contributed by atoms with Gasteiger partial charge in [-0.3, -0.25) is 0 Å². The topological polar surface area (TPSA) is 34.1 Å². The molecule has 1 N–H and O–H groups in total. The van der Waals surface area contributed by atoms with Crippen molar-refractivity contribution in [1.82, 2.24) is 4.98 Å². The van der Waals surface area contributed by atoms with Crippen LogP contribution in [0.15, 0.2) is 42.6 Å². The smallest absolute Gasteiger partial charge is 0.126 e. The highest BCUT2D eigenvalue weighted by atomic mass is 19.1. The summed E-state index contributed by atoms with van der Waals surface area (Å²) in [6, 6.07) is 9.93. The molecule has 0 radical (unpaired) electrons. The molecule has 3 nitrogen and oxygen atoms in total. The van der Waals surface area contributed by atoms with E-state index in [-0.39, 0.29) is 5.82 Å². The fourth-order valence-corrected chi connectivity index (χ4v) is 1.52. The second kappa shape index (κ2) is 6.00. The lowest BCUT2D eigenvalue weighted by atomic mass is 10.3. The lowest BCUT2D eigenvalue weighted by Gasteiger charge is -2.07. The first kappa shape index (κ1) is 12.4. The molecule has 0 aliphatic carbocycles. The third-order valence-corrected chi connectivity index (χ3v) is 2.38. The molecule has 0 unspecified atom stereocenters. The van der Waals surface area contributed by atoms with E-state index in [1.54, 1.807) is 18.3 Å². The Balaban J connectivity index is 1.93. The second-order valence-electron chi connectivity index (χ2n) is 3.83. The van der Waals surface area contributed by atoms with Gasteiger partial charge >= 0.3 is 0 Å². The summed E-state index contributed by atoms with van der Waals surface area (Å²) in [4.78, 5) is 4.23. The predicted molar refractivity (Wildman–Crippen MR) is 69.1 cm³/mol. The molecule has 0 aliphatic heterocycles. The third-order valence-electron chi connectivity index (χ3n) is 2.38. The molecule has 1 heterocycles. The molecule has 18 heavy (non-hydrogen) atoms. The number of nitrogens with one attached hydrogen (secondary N) is 1. The van der Waals surface area contributed by atoms with Crippen molar-refractivity contribution >= 4 is 5.82 Å². The van der Waals surface area contributed by atoms with Gasteiger partial charge in [0.25, 0.3) is 0 Å². The molecule has 0 saturated heterocycles. The quantitative estimate of drug-likeness (QED) is 0.879. The van der Waals surface area contributed by atoms with E-state index in [1.165, 1.54) is 12.1 Å². The fraction of sp³-hybridized carbons (Fsp3) is 0.214. The van der Waals surface area contributed by atoms with Crippen LogP contribution in [0.1, 0.15) is 12.5 Å². The minimum atomic E-state index is -0.298. The Labute approximate surface area is 106 Å². The first-order valence-corrected chi connectivity index (χ1v) is 5.85. The number of aromatic nitrogens is 1. The molecule has 94 valence electrons. The maximum absolute atomic E-state index is 12.9. The molecule has 0 bridgehead atoms. The number of halogens is 1. The molecule has 2 rings (SSSR count). The van der Waals surface area contributed by atoms with Gasteiger partial charge in [-0.2, -0.15) is 0 Å². The summed E-state index contributed by atoms with van der Waals surface area (Å²) in [7, 11) is 0. The molecule has 0 atom stereocenters. The SMILES string of the molecule is CCNc1ccc(COc2cccc(F)c2)cn1. The molecule has 0 amide bonds. The summed E-state index contributed by atoms with van der Waals surface area (Å²) in [5, 5.41) is 3.11. The van der Waals surface area contributed by atoms with Gasteiger partial charge in [-0.05, 0) is 25.1 Å². The van der Waals surface area contributed by atoms with Gasteiger partial charge in [-0.25, -0.2) is 9.37 Å². The van der Waals surface area contributed by atoms with Crippen LogP contribution in [0.4, 0.5) is 10.2 Å². The van der Waals surface area contributed by atoms with Crippen LogP contribution in [0, 0.1) is 5.82 Å². The molecule has 1 aromatic carbocycles. The summed E-state index contributed by atoms with van der Waals surface area (Å²) in [6.45, 7) is 3.23. The Hall–Kier alpha value is -2.10. The normalized spacial score (nSPS) is 10.1. The number of hydrogen-bond donors (Lipinski definition) is 1. The number of nitrogens with zero attached hydrogens (tertiary/aromatic N) is 1. The maximum atomic E-state index is 12.9. The van der Waals surface area contributed by atoms with Gasteiger partial charge in [0.2, 0.25) is 0 Å². The number of anilines is 1. The second-order valence-corrected chi connectivity index (χ2v) is 3.83. The zero-order valence-electron chi connectivity index (χ0n) is 10.2. The summed E-state index contributed by atoms with van der Waals surface area (Å²) < 4.78 is 18.4. The Morgan fingerprint density at radius 2 is 2.17 bits per heavy atom. The van der Waals surface area contributed by atoms with E-state index in [9.17, 15) is 4.39 Å². The van der Waals surface area contributed by atoms with E-state index in [4.69, 9.17) is 4.74 Å². The van der Waals surface area contributed by atoms with Crippen LogP contribution in [0.25, 0.3) is 0 Å². The number of rotatable bonds is 5. The van der Waals surface area contributed by atoms with Crippen molar-refractivity contribution in [1.29, 1.82) is 0 Å². The number of pyridine rings is 1. The average Bonchev–Trinajstić information content (AvgIpc) is 2.38. The standard InChI is InChI=1S/C14H15FN2O/c1-2-16-14-7-6-11(9-17-14)10-18-13-5-3-4-12(15)8-13/h3-9H,2,10H2,1H3,(H,16,17). The highest BCUT2D eigenvalue weighted by molar-refractivity contribution is 5.35. The van der Waals surface area contributed by atoms with Crippen LogP contribution in [0.5, 0.6) is 5.75 Å². The predicted octanol–water partition coefficient (Wildman–Crippen LogP) is 3.23. The highest BCUT2D eigenvalue weighted by Crippen LogP contribution is 2.14. The van der Waals surface area contributed by atoms with Crippen LogP contribution in [0.3, 0.4) is 0 Å². The first-order valence-electron chi connectivity index (χ1n) is 5.85. The molecule has 4 heteroatoms. The van der Waals surface area contributed by atoms with Crippen molar-refractivity contribution in [3.63, 3.8) is 0 Å².